The summed E-state index contributed by atoms with van der Waals surface area (Å²) < 4.78 is 5.45. The number of rotatable bonds is 5. The first-order valence-corrected chi connectivity index (χ1v) is 7.40. The van der Waals surface area contributed by atoms with Crippen LogP contribution < -0.4 is 5.32 Å². The van der Waals surface area contributed by atoms with Crippen molar-refractivity contribution in [3.05, 3.63) is 17.3 Å². The van der Waals surface area contributed by atoms with Crippen LogP contribution >= 0.6 is 0 Å². The molecule has 21 heavy (non-hydrogen) atoms. The van der Waals surface area contributed by atoms with Crippen molar-refractivity contribution in [1.82, 2.24) is 15.2 Å². The monoisotopic (exact) mass is 293 g/mol. The van der Waals surface area contributed by atoms with Gasteiger partial charge in [-0.15, -0.1) is 0 Å². The van der Waals surface area contributed by atoms with Gasteiger partial charge < -0.3 is 14.6 Å². The first-order chi connectivity index (χ1) is 9.90. The first-order valence-electron chi connectivity index (χ1n) is 7.40. The third-order valence-corrected chi connectivity index (χ3v) is 3.77. The normalized spacial score (nSPS) is 16.6. The van der Waals surface area contributed by atoms with E-state index in [1.54, 1.807) is 11.8 Å². The number of carbonyl (C=O) groups excluding carboxylic acids is 2. The summed E-state index contributed by atoms with van der Waals surface area (Å²) >= 11 is 0. The number of hydrogen-bond donors (Lipinski definition) is 1. The van der Waals surface area contributed by atoms with E-state index in [-0.39, 0.29) is 17.7 Å². The molecule has 2 rings (SSSR count). The number of aromatic nitrogens is 1. The third kappa shape index (κ3) is 3.43. The van der Waals surface area contributed by atoms with Crippen molar-refractivity contribution in [1.29, 1.82) is 0 Å². The quantitative estimate of drug-likeness (QED) is 0.894. The van der Waals surface area contributed by atoms with Crippen LogP contribution in [0.3, 0.4) is 0 Å². The predicted molar refractivity (Wildman–Crippen MR) is 77.4 cm³/mol. The molecule has 0 saturated carbocycles. The highest BCUT2D eigenvalue weighted by Crippen LogP contribution is 2.19. The molecule has 1 N–H and O–H groups in total. The second-order valence-corrected chi connectivity index (χ2v) is 5.84. The minimum absolute atomic E-state index is 0.0653. The molecule has 0 radical (unpaired) electrons. The fraction of sp³-hybridized carbons (Fsp3) is 0.667. The Morgan fingerprint density at radius 3 is 2.62 bits per heavy atom. The molecule has 1 saturated heterocycles. The molecule has 0 aliphatic carbocycles. The van der Waals surface area contributed by atoms with Crippen LogP contribution in [-0.2, 0) is 16.1 Å². The average molecular weight is 293 g/mol. The van der Waals surface area contributed by atoms with Crippen molar-refractivity contribution < 1.29 is 14.0 Å². The third-order valence-electron chi connectivity index (χ3n) is 3.77. The largest absolute Gasteiger partial charge is 0.444 e. The molecule has 1 fully saturated rings. The number of nitrogens with one attached hydrogen (secondary N) is 1. The van der Waals surface area contributed by atoms with Gasteiger partial charge >= 0.3 is 0 Å². The Labute approximate surface area is 124 Å². The Morgan fingerprint density at radius 2 is 2.14 bits per heavy atom. The van der Waals surface area contributed by atoms with Crippen LogP contribution in [0.25, 0.3) is 0 Å². The van der Waals surface area contributed by atoms with Gasteiger partial charge in [-0.1, -0.05) is 13.8 Å². The summed E-state index contributed by atoms with van der Waals surface area (Å²) in [6.45, 7) is 8.51. The molecule has 0 aromatic carbocycles. The highest BCUT2D eigenvalue weighted by molar-refractivity contribution is 5.88. The fourth-order valence-electron chi connectivity index (χ4n) is 2.78. The molecule has 1 atom stereocenters. The SMILES string of the molecule is Cc1nc(C)c(CNC(=O)C(C(C)C)N2CCCC2=O)o1. The Kier molecular flexibility index (Phi) is 4.65. The molecule has 2 amide bonds. The van der Waals surface area contributed by atoms with Gasteiger partial charge in [0.2, 0.25) is 11.8 Å². The van der Waals surface area contributed by atoms with E-state index in [9.17, 15) is 9.59 Å². The van der Waals surface area contributed by atoms with Crippen molar-refractivity contribution in [2.75, 3.05) is 6.54 Å². The van der Waals surface area contributed by atoms with Crippen LogP contribution in [0.1, 0.15) is 44.0 Å². The van der Waals surface area contributed by atoms with Gasteiger partial charge in [0, 0.05) is 19.9 Å². The van der Waals surface area contributed by atoms with E-state index in [0.29, 0.717) is 31.2 Å². The second-order valence-electron chi connectivity index (χ2n) is 5.84. The summed E-state index contributed by atoms with van der Waals surface area (Å²) in [6.07, 6.45) is 1.37. The molecular formula is C15H23N3O3. The van der Waals surface area contributed by atoms with Gasteiger partial charge in [-0.3, -0.25) is 9.59 Å². The van der Waals surface area contributed by atoms with Crippen LogP contribution in [0.4, 0.5) is 0 Å². The number of hydrogen-bond acceptors (Lipinski definition) is 4. The molecule has 6 heteroatoms. The maximum Gasteiger partial charge on any atom is 0.243 e. The molecule has 1 aliphatic heterocycles. The van der Waals surface area contributed by atoms with E-state index in [2.05, 4.69) is 10.3 Å². The van der Waals surface area contributed by atoms with Crippen molar-refractivity contribution in [2.45, 2.75) is 53.1 Å². The Hall–Kier alpha value is -1.85. The van der Waals surface area contributed by atoms with Gasteiger partial charge in [0.05, 0.1) is 12.2 Å². The molecule has 6 nitrogen and oxygen atoms in total. The summed E-state index contributed by atoms with van der Waals surface area (Å²) in [7, 11) is 0. The zero-order valence-electron chi connectivity index (χ0n) is 13.1. The van der Waals surface area contributed by atoms with E-state index < -0.39 is 6.04 Å². The molecule has 116 valence electrons. The maximum absolute atomic E-state index is 12.4. The van der Waals surface area contributed by atoms with E-state index in [0.717, 1.165) is 12.1 Å². The number of likely N-dealkylation sites (tertiary alicyclic amines) is 1. The molecule has 1 aliphatic rings. The minimum Gasteiger partial charge on any atom is -0.444 e. The van der Waals surface area contributed by atoms with Crippen LogP contribution in [0.5, 0.6) is 0 Å². The molecule has 0 bridgehead atoms. The molecule has 1 aromatic heterocycles. The Balaban J connectivity index is 2.02. The van der Waals surface area contributed by atoms with Gasteiger partial charge in [-0.05, 0) is 19.3 Å². The molecule has 1 aromatic rings. The molecule has 1 unspecified atom stereocenters. The van der Waals surface area contributed by atoms with Crippen molar-refractivity contribution in [2.24, 2.45) is 5.92 Å². The Morgan fingerprint density at radius 1 is 1.43 bits per heavy atom. The van der Waals surface area contributed by atoms with Crippen molar-refractivity contribution in [3.63, 3.8) is 0 Å². The van der Waals surface area contributed by atoms with Crippen LogP contribution in [-0.4, -0.2) is 34.3 Å². The lowest BCUT2D eigenvalue weighted by molar-refractivity contribution is -0.139. The maximum atomic E-state index is 12.4. The highest BCUT2D eigenvalue weighted by Gasteiger charge is 2.34. The summed E-state index contributed by atoms with van der Waals surface area (Å²) in [5.74, 6) is 1.26. The molecular weight excluding hydrogens is 270 g/mol. The minimum atomic E-state index is -0.413. The smallest absolute Gasteiger partial charge is 0.243 e. The van der Waals surface area contributed by atoms with Gasteiger partial charge in [-0.2, -0.15) is 0 Å². The summed E-state index contributed by atoms with van der Waals surface area (Å²) in [5, 5.41) is 2.87. The Bertz CT molecular complexity index is 536. The van der Waals surface area contributed by atoms with Gasteiger partial charge in [0.25, 0.3) is 0 Å². The number of carbonyl (C=O) groups is 2. The van der Waals surface area contributed by atoms with Crippen LogP contribution in [0.15, 0.2) is 4.42 Å². The summed E-state index contributed by atoms with van der Waals surface area (Å²) in [5.41, 5.74) is 0.783. The average Bonchev–Trinajstić information content (AvgIpc) is 2.93. The summed E-state index contributed by atoms with van der Waals surface area (Å²) in [6, 6.07) is -0.413. The van der Waals surface area contributed by atoms with Crippen LogP contribution in [0.2, 0.25) is 0 Å². The van der Waals surface area contributed by atoms with Crippen LogP contribution in [0, 0.1) is 19.8 Å². The first kappa shape index (κ1) is 15.5. The van der Waals surface area contributed by atoms with E-state index >= 15 is 0 Å². The van der Waals surface area contributed by atoms with Gasteiger partial charge in [0.15, 0.2) is 5.89 Å². The molecule has 2 heterocycles. The highest BCUT2D eigenvalue weighted by atomic mass is 16.4. The lowest BCUT2D eigenvalue weighted by atomic mass is 10.0. The fourth-order valence-corrected chi connectivity index (χ4v) is 2.78. The lowest BCUT2D eigenvalue weighted by Gasteiger charge is -2.29. The molecule has 0 spiro atoms. The zero-order chi connectivity index (χ0) is 15.6. The summed E-state index contributed by atoms with van der Waals surface area (Å²) in [4.78, 5) is 30.2. The standard InChI is InChI=1S/C15H23N3O3/c1-9(2)14(18-7-5-6-13(18)19)15(20)16-8-12-10(3)17-11(4)21-12/h9,14H,5-8H2,1-4H3,(H,16,20). The predicted octanol–water partition coefficient (Wildman–Crippen LogP) is 1.55. The van der Waals surface area contributed by atoms with E-state index in [1.165, 1.54) is 0 Å². The number of aryl methyl sites for hydroxylation is 2. The number of amides is 2. The van der Waals surface area contributed by atoms with Crippen molar-refractivity contribution in [3.8, 4) is 0 Å². The van der Waals surface area contributed by atoms with E-state index in [1.807, 2.05) is 20.8 Å². The number of nitrogens with zero attached hydrogens (tertiary/aromatic N) is 2. The zero-order valence-corrected chi connectivity index (χ0v) is 13.1. The number of oxazole rings is 1. The van der Waals surface area contributed by atoms with Gasteiger partial charge in [0.1, 0.15) is 11.8 Å². The lowest BCUT2D eigenvalue weighted by Crippen LogP contribution is -2.50. The van der Waals surface area contributed by atoms with Gasteiger partial charge in [-0.25, -0.2) is 4.98 Å². The topological polar surface area (TPSA) is 75.4 Å². The van der Waals surface area contributed by atoms with E-state index in [4.69, 9.17) is 4.42 Å². The second kappa shape index (κ2) is 6.28. The van der Waals surface area contributed by atoms with Crippen molar-refractivity contribution >= 4 is 11.8 Å².